The molecule has 0 unspecified atom stereocenters. The number of ether oxygens (including phenoxy) is 1. The van der Waals surface area contributed by atoms with Gasteiger partial charge < -0.3 is 4.74 Å². The average molecular weight is 317 g/mol. The Morgan fingerprint density at radius 1 is 1.00 bits per heavy atom. The Bertz CT molecular complexity index is 828. The van der Waals surface area contributed by atoms with E-state index in [1.54, 1.807) is 12.1 Å². The first-order valence-electron chi connectivity index (χ1n) is 6.51. The molecule has 1 aliphatic heterocycles. The number of benzene rings is 2. The molecule has 0 N–H and O–H groups in total. The zero-order valence-corrected chi connectivity index (χ0v) is 11.8. The van der Waals surface area contributed by atoms with Gasteiger partial charge >= 0.3 is 5.97 Å². The molecular weight excluding hydrogens is 308 g/mol. The number of halogens is 2. The number of carbonyl (C=O) groups is 3. The second kappa shape index (κ2) is 5.28. The van der Waals surface area contributed by atoms with Crippen LogP contribution in [0.15, 0.2) is 36.4 Å². The molecule has 116 valence electrons. The second-order valence-corrected chi connectivity index (χ2v) is 4.77. The van der Waals surface area contributed by atoms with Crippen LogP contribution in [-0.2, 0) is 4.74 Å². The maximum atomic E-state index is 13.6. The minimum Gasteiger partial charge on any atom is -0.465 e. The lowest BCUT2D eigenvalue weighted by atomic mass is 10.1. The van der Waals surface area contributed by atoms with Crippen LogP contribution in [0.5, 0.6) is 0 Å². The zero-order valence-electron chi connectivity index (χ0n) is 11.8. The Morgan fingerprint density at radius 2 is 1.52 bits per heavy atom. The Hall–Kier alpha value is -3.09. The van der Waals surface area contributed by atoms with Gasteiger partial charge in [-0.3, -0.25) is 9.59 Å². The van der Waals surface area contributed by atoms with Gasteiger partial charge in [0.25, 0.3) is 11.8 Å². The highest BCUT2D eigenvalue weighted by Crippen LogP contribution is 2.32. The first kappa shape index (κ1) is 14.8. The van der Waals surface area contributed by atoms with Crippen molar-refractivity contribution in [1.82, 2.24) is 0 Å². The number of fused-ring (bicyclic) bond motifs is 1. The first-order chi connectivity index (χ1) is 11.0. The van der Waals surface area contributed by atoms with Crippen LogP contribution in [0.3, 0.4) is 0 Å². The molecule has 0 atom stereocenters. The maximum Gasteiger partial charge on any atom is 0.340 e. The summed E-state index contributed by atoms with van der Waals surface area (Å²) in [6.45, 7) is 0. The SMILES string of the molecule is COC(=O)c1cc(F)c(F)cc1N1C(=O)c2ccccc2C1=O. The molecule has 23 heavy (non-hydrogen) atoms. The molecule has 0 radical (unpaired) electrons. The summed E-state index contributed by atoms with van der Waals surface area (Å²) in [5.41, 5.74) is -0.529. The molecule has 0 aromatic heterocycles. The van der Waals surface area contributed by atoms with Crippen LogP contribution >= 0.6 is 0 Å². The summed E-state index contributed by atoms with van der Waals surface area (Å²) < 4.78 is 31.5. The molecule has 2 amide bonds. The van der Waals surface area contributed by atoms with Gasteiger partial charge in [-0.2, -0.15) is 0 Å². The predicted molar refractivity (Wildman–Crippen MR) is 75.3 cm³/mol. The van der Waals surface area contributed by atoms with Gasteiger partial charge in [-0.05, 0) is 18.2 Å². The number of esters is 1. The van der Waals surface area contributed by atoms with Crippen LogP contribution in [-0.4, -0.2) is 24.9 Å². The summed E-state index contributed by atoms with van der Waals surface area (Å²) in [4.78, 5) is 37.2. The Morgan fingerprint density at radius 3 is 2.04 bits per heavy atom. The molecule has 3 rings (SSSR count). The summed E-state index contributed by atoms with van der Waals surface area (Å²) in [7, 11) is 1.05. The standard InChI is InChI=1S/C16H9F2NO4/c1-23-16(22)10-6-11(17)12(18)7-13(10)19-14(20)8-4-2-3-5-9(8)15(19)21/h2-7H,1H3. The molecule has 0 saturated heterocycles. The summed E-state index contributed by atoms with van der Waals surface area (Å²) in [5.74, 6) is -5.01. The van der Waals surface area contributed by atoms with Gasteiger partial charge in [0.2, 0.25) is 0 Å². The van der Waals surface area contributed by atoms with Crippen molar-refractivity contribution in [3.63, 3.8) is 0 Å². The van der Waals surface area contributed by atoms with E-state index in [2.05, 4.69) is 4.74 Å². The van der Waals surface area contributed by atoms with Gasteiger partial charge in [-0.25, -0.2) is 18.5 Å². The van der Waals surface area contributed by atoms with Crippen LogP contribution in [0.4, 0.5) is 14.5 Å². The third-order valence-corrected chi connectivity index (χ3v) is 3.48. The van der Waals surface area contributed by atoms with Crippen LogP contribution in [0.2, 0.25) is 0 Å². The van der Waals surface area contributed by atoms with Crippen molar-refractivity contribution in [3.05, 3.63) is 64.7 Å². The molecule has 0 saturated carbocycles. The van der Waals surface area contributed by atoms with E-state index in [1.807, 2.05) is 0 Å². The molecule has 0 bridgehead atoms. The summed E-state index contributed by atoms with van der Waals surface area (Å²) in [5, 5.41) is 0. The molecular formula is C16H9F2NO4. The van der Waals surface area contributed by atoms with Gasteiger partial charge in [0.05, 0.1) is 29.5 Å². The molecule has 2 aromatic rings. The highest BCUT2D eigenvalue weighted by atomic mass is 19.2. The van der Waals surface area contributed by atoms with Crippen molar-refractivity contribution in [3.8, 4) is 0 Å². The molecule has 1 heterocycles. The van der Waals surface area contributed by atoms with Gasteiger partial charge in [0.15, 0.2) is 11.6 Å². The van der Waals surface area contributed by atoms with E-state index in [9.17, 15) is 23.2 Å². The number of carbonyl (C=O) groups excluding carboxylic acids is 3. The second-order valence-electron chi connectivity index (χ2n) is 4.77. The van der Waals surface area contributed by atoms with Crippen LogP contribution in [0, 0.1) is 11.6 Å². The molecule has 1 aliphatic rings. The van der Waals surface area contributed by atoms with E-state index in [1.165, 1.54) is 12.1 Å². The summed E-state index contributed by atoms with van der Waals surface area (Å²) in [6, 6.07) is 7.24. The first-order valence-corrected chi connectivity index (χ1v) is 6.51. The van der Waals surface area contributed by atoms with Gasteiger partial charge in [-0.15, -0.1) is 0 Å². The number of methoxy groups -OCH3 is 1. The van der Waals surface area contributed by atoms with E-state index in [0.717, 1.165) is 7.11 Å². The fourth-order valence-corrected chi connectivity index (χ4v) is 2.40. The summed E-state index contributed by atoms with van der Waals surface area (Å²) in [6.07, 6.45) is 0. The van der Waals surface area contributed by atoms with Gasteiger partial charge in [0.1, 0.15) is 0 Å². The lowest BCUT2D eigenvalue weighted by Crippen LogP contribution is -2.31. The number of hydrogen-bond acceptors (Lipinski definition) is 4. The Labute approximate surface area is 129 Å². The lowest BCUT2D eigenvalue weighted by molar-refractivity contribution is 0.0601. The Kier molecular flexibility index (Phi) is 3.40. The van der Waals surface area contributed by atoms with Crippen molar-refractivity contribution in [2.75, 3.05) is 12.0 Å². The van der Waals surface area contributed by atoms with Gasteiger partial charge in [0, 0.05) is 6.07 Å². The van der Waals surface area contributed by atoms with Crippen molar-refractivity contribution in [2.24, 2.45) is 0 Å². The third-order valence-electron chi connectivity index (χ3n) is 3.48. The maximum absolute atomic E-state index is 13.6. The number of imide groups is 1. The normalized spacial score (nSPS) is 13.3. The molecule has 0 fully saturated rings. The molecule has 5 nitrogen and oxygen atoms in total. The van der Waals surface area contributed by atoms with Crippen molar-refractivity contribution in [1.29, 1.82) is 0 Å². The number of nitrogens with zero attached hydrogens (tertiary/aromatic N) is 1. The fourth-order valence-electron chi connectivity index (χ4n) is 2.40. The van der Waals surface area contributed by atoms with E-state index >= 15 is 0 Å². The summed E-state index contributed by atoms with van der Waals surface area (Å²) >= 11 is 0. The molecule has 2 aromatic carbocycles. The topological polar surface area (TPSA) is 63.7 Å². The third kappa shape index (κ3) is 2.17. The van der Waals surface area contributed by atoms with Crippen LogP contribution in [0.25, 0.3) is 0 Å². The quantitative estimate of drug-likeness (QED) is 0.631. The Balaban J connectivity index is 2.20. The minimum atomic E-state index is -1.29. The van der Waals surface area contributed by atoms with E-state index in [0.29, 0.717) is 17.0 Å². The number of anilines is 1. The van der Waals surface area contributed by atoms with Crippen molar-refractivity contribution < 1.29 is 27.9 Å². The fraction of sp³-hybridized carbons (Fsp3) is 0.0625. The molecule has 0 spiro atoms. The molecule has 7 heteroatoms. The van der Waals surface area contributed by atoms with Gasteiger partial charge in [-0.1, -0.05) is 12.1 Å². The van der Waals surface area contributed by atoms with E-state index in [-0.39, 0.29) is 16.8 Å². The monoisotopic (exact) mass is 317 g/mol. The van der Waals surface area contributed by atoms with Crippen molar-refractivity contribution >= 4 is 23.5 Å². The lowest BCUT2D eigenvalue weighted by Gasteiger charge is -2.17. The predicted octanol–water partition coefficient (Wildman–Crippen LogP) is 2.55. The van der Waals surface area contributed by atoms with Crippen LogP contribution < -0.4 is 4.90 Å². The van der Waals surface area contributed by atoms with E-state index < -0.39 is 35.0 Å². The molecule has 0 aliphatic carbocycles. The highest BCUT2D eigenvalue weighted by Gasteiger charge is 2.38. The minimum absolute atomic E-state index is 0.123. The largest absolute Gasteiger partial charge is 0.465 e. The van der Waals surface area contributed by atoms with Crippen molar-refractivity contribution in [2.45, 2.75) is 0 Å². The number of hydrogen-bond donors (Lipinski definition) is 0. The number of amides is 2. The number of rotatable bonds is 2. The smallest absolute Gasteiger partial charge is 0.340 e. The zero-order chi connectivity index (χ0) is 16.7. The average Bonchev–Trinajstić information content (AvgIpc) is 2.81. The van der Waals surface area contributed by atoms with E-state index in [4.69, 9.17) is 0 Å². The highest BCUT2D eigenvalue weighted by molar-refractivity contribution is 6.35. The van der Waals surface area contributed by atoms with Crippen LogP contribution in [0.1, 0.15) is 31.1 Å².